The lowest BCUT2D eigenvalue weighted by Gasteiger charge is -2.25. The van der Waals surface area contributed by atoms with E-state index in [4.69, 9.17) is 13.9 Å². The van der Waals surface area contributed by atoms with Crippen molar-refractivity contribution in [3.05, 3.63) is 47.9 Å². The van der Waals surface area contributed by atoms with E-state index < -0.39 is 0 Å². The zero-order chi connectivity index (χ0) is 18.5. The summed E-state index contributed by atoms with van der Waals surface area (Å²) in [5.41, 5.74) is 0.807. The quantitative estimate of drug-likeness (QED) is 0.798. The minimum atomic E-state index is -0.304. The van der Waals surface area contributed by atoms with Crippen molar-refractivity contribution in [2.75, 3.05) is 26.5 Å². The number of thioether (sulfide) groups is 1. The van der Waals surface area contributed by atoms with Gasteiger partial charge in [0.05, 0.1) is 32.8 Å². The average Bonchev–Trinajstić information content (AvgIpc) is 3.30. The van der Waals surface area contributed by atoms with Gasteiger partial charge in [-0.25, -0.2) is 0 Å². The Bertz CT molecular complexity index is 778. The van der Waals surface area contributed by atoms with Crippen LogP contribution in [0.1, 0.15) is 16.7 Å². The van der Waals surface area contributed by atoms with Crippen LogP contribution in [0.3, 0.4) is 0 Å². The SMILES string of the molecule is COc1ccc(OC)c([C@H]2SCC(=O)N2CC(=O)NCc2ccco2)c1. The lowest BCUT2D eigenvalue weighted by atomic mass is 10.1. The molecule has 1 saturated heterocycles. The molecule has 1 atom stereocenters. The van der Waals surface area contributed by atoms with Gasteiger partial charge >= 0.3 is 0 Å². The first kappa shape index (κ1) is 18.2. The Balaban J connectivity index is 1.73. The van der Waals surface area contributed by atoms with Gasteiger partial charge < -0.3 is 24.1 Å². The number of hydrogen-bond donors (Lipinski definition) is 1. The largest absolute Gasteiger partial charge is 0.497 e. The van der Waals surface area contributed by atoms with Gasteiger partial charge in [0.15, 0.2) is 0 Å². The van der Waals surface area contributed by atoms with Crippen LogP contribution in [0.15, 0.2) is 41.0 Å². The van der Waals surface area contributed by atoms with Crippen LogP contribution in [0.2, 0.25) is 0 Å². The molecule has 2 heterocycles. The molecule has 0 saturated carbocycles. The fourth-order valence-electron chi connectivity index (χ4n) is 2.72. The van der Waals surface area contributed by atoms with E-state index >= 15 is 0 Å². The van der Waals surface area contributed by atoms with Crippen molar-refractivity contribution >= 4 is 23.6 Å². The third kappa shape index (κ3) is 3.96. The van der Waals surface area contributed by atoms with Crippen molar-refractivity contribution in [3.63, 3.8) is 0 Å². The summed E-state index contributed by atoms with van der Waals surface area (Å²) in [5.74, 6) is 1.96. The Labute approximate surface area is 155 Å². The minimum Gasteiger partial charge on any atom is -0.497 e. The number of carbonyl (C=O) groups is 2. The smallest absolute Gasteiger partial charge is 0.240 e. The molecule has 1 aliphatic heterocycles. The minimum absolute atomic E-state index is 0.0302. The number of nitrogens with zero attached hydrogens (tertiary/aromatic N) is 1. The highest BCUT2D eigenvalue weighted by Crippen LogP contribution is 2.43. The van der Waals surface area contributed by atoms with E-state index in [0.717, 1.165) is 5.56 Å². The van der Waals surface area contributed by atoms with Gasteiger partial charge in [0.25, 0.3) is 0 Å². The van der Waals surface area contributed by atoms with Crippen molar-refractivity contribution in [1.29, 1.82) is 0 Å². The van der Waals surface area contributed by atoms with Crippen LogP contribution in [0.4, 0.5) is 0 Å². The molecule has 138 valence electrons. The highest BCUT2D eigenvalue weighted by atomic mass is 32.2. The number of rotatable bonds is 7. The number of nitrogens with one attached hydrogen (secondary N) is 1. The van der Waals surface area contributed by atoms with E-state index in [1.165, 1.54) is 11.8 Å². The molecule has 1 N–H and O–H groups in total. The van der Waals surface area contributed by atoms with Crippen LogP contribution in [0, 0.1) is 0 Å². The van der Waals surface area contributed by atoms with Crippen molar-refractivity contribution in [3.8, 4) is 11.5 Å². The zero-order valence-corrected chi connectivity index (χ0v) is 15.4. The lowest BCUT2D eigenvalue weighted by Crippen LogP contribution is -2.39. The first-order valence-corrected chi connectivity index (χ1v) is 9.09. The Morgan fingerprint density at radius 3 is 2.88 bits per heavy atom. The fourth-order valence-corrected chi connectivity index (χ4v) is 3.93. The second kappa shape index (κ2) is 8.18. The summed E-state index contributed by atoms with van der Waals surface area (Å²) in [6.45, 7) is 0.256. The molecule has 2 amide bonds. The van der Waals surface area contributed by atoms with Crippen LogP contribution in [-0.2, 0) is 16.1 Å². The summed E-state index contributed by atoms with van der Waals surface area (Å²) in [6.07, 6.45) is 1.55. The summed E-state index contributed by atoms with van der Waals surface area (Å²) in [4.78, 5) is 26.2. The number of amides is 2. The van der Waals surface area contributed by atoms with Crippen LogP contribution >= 0.6 is 11.8 Å². The van der Waals surface area contributed by atoms with Crippen LogP contribution < -0.4 is 14.8 Å². The van der Waals surface area contributed by atoms with Crippen molar-refractivity contribution < 1.29 is 23.5 Å². The first-order valence-electron chi connectivity index (χ1n) is 8.04. The Kier molecular flexibility index (Phi) is 5.72. The molecule has 0 aliphatic carbocycles. The number of hydrogen-bond acceptors (Lipinski definition) is 6. The summed E-state index contributed by atoms with van der Waals surface area (Å²) in [6, 6.07) is 8.97. The molecule has 0 unspecified atom stereocenters. The standard InChI is InChI=1S/C18H20N2O5S/c1-23-12-5-6-15(24-2)14(8-12)18-20(17(22)11-26-18)10-16(21)19-9-13-4-3-7-25-13/h3-8,18H,9-11H2,1-2H3,(H,19,21)/t18-/m1/s1. The van der Waals surface area contributed by atoms with E-state index in [0.29, 0.717) is 23.0 Å². The normalized spacial score (nSPS) is 16.6. The van der Waals surface area contributed by atoms with Gasteiger partial charge in [-0.1, -0.05) is 0 Å². The zero-order valence-electron chi connectivity index (χ0n) is 14.6. The maximum Gasteiger partial charge on any atom is 0.240 e. The second-order valence-electron chi connectivity index (χ2n) is 5.65. The molecule has 1 aromatic heterocycles. The van der Waals surface area contributed by atoms with Crippen LogP contribution in [-0.4, -0.2) is 43.2 Å². The highest BCUT2D eigenvalue weighted by molar-refractivity contribution is 8.00. The van der Waals surface area contributed by atoms with Crippen molar-refractivity contribution in [2.45, 2.75) is 11.9 Å². The number of methoxy groups -OCH3 is 2. The second-order valence-corrected chi connectivity index (χ2v) is 6.72. The average molecular weight is 376 g/mol. The van der Waals surface area contributed by atoms with Crippen molar-refractivity contribution in [1.82, 2.24) is 10.2 Å². The van der Waals surface area contributed by atoms with Gasteiger partial charge in [-0.3, -0.25) is 9.59 Å². The van der Waals surface area contributed by atoms with E-state index in [1.54, 1.807) is 49.6 Å². The predicted octanol–water partition coefficient (Wildman–Crippen LogP) is 2.19. The molecule has 1 aromatic carbocycles. The number of carbonyl (C=O) groups excluding carboxylic acids is 2. The Morgan fingerprint density at radius 1 is 1.35 bits per heavy atom. The van der Waals surface area contributed by atoms with Crippen LogP contribution in [0.25, 0.3) is 0 Å². The lowest BCUT2D eigenvalue weighted by molar-refractivity contribution is -0.133. The molecule has 2 aromatic rings. The van der Waals surface area contributed by atoms with Gasteiger partial charge in [-0.2, -0.15) is 0 Å². The number of benzene rings is 1. The maximum atomic E-state index is 12.3. The third-order valence-corrected chi connectivity index (χ3v) is 5.26. The topological polar surface area (TPSA) is 81.0 Å². The van der Waals surface area contributed by atoms with E-state index in [1.807, 2.05) is 6.07 Å². The summed E-state index contributed by atoms with van der Waals surface area (Å²) < 4.78 is 15.9. The molecular weight excluding hydrogens is 356 g/mol. The molecule has 26 heavy (non-hydrogen) atoms. The molecule has 1 aliphatic rings. The fraction of sp³-hybridized carbons (Fsp3) is 0.333. The van der Waals surface area contributed by atoms with Gasteiger partial charge in [-0.15, -0.1) is 11.8 Å². The monoisotopic (exact) mass is 376 g/mol. The van der Waals surface area contributed by atoms with E-state index in [-0.39, 0.29) is 30.3 Å². The molecule has 1 fully saturated rings. The predicted molar refractivity (Wildman–Crippen MR) is 97.0 cm³/mol. The third-order valence-electron chi connectivity index (χ3n) is 4.02. The highest BCUT2D eigenvalue weighted by Gasteiger charge is 2.36. The number of ether oxygens (including phenoxy) is 2. The van der Waals surface area contributed by atoms with Crippen LogP contribution in [0.5, 0.6) is 11.5 Å². The van der Waals surface area contributed by atoms with Gasteiger partial charge in [0.1, 0.15) is 29.2 Å². The van der Waals surface area contributed by atoms with Gasteiger partial charge in [-0.05, 0) is 30.3 Å². The molecular formula is C18H20N2O5S. The Hall–Kier alpha value is -2.61. The molecule has 3 rings (SSSR count). The van der Waals surface area contributed by atoms with Crippen molar-refractivity contribution in [2.24, 2.45) is 0 Å². The first-order chi connectivity index (χ1) is 12.6. The number of furan rings is 1. The summed E-state index contributed by atoms with van der Waals surface area (Å²) in [7, 11) is 3.16. The Morgan fingerprint density at radius 2 is 2.19 bits per heavy atom. The van der Waals surface area contributed by atoms with Gasteiger partial charge in [0.2, 0.25) is 11.8 Å². The molecule has 0 bridgehead atoms. The van der Waals surface area contributed by atoms with E-state index in [2.05, 4.69) is 5.32 Å². The van der Waals surface area contributed by atoms with Gasteiger partial charge in [0, 0.05) is 5.56 Å². The maximum absolute atomic E-state index is 12.3. The molecule has 0 spiro atoms. The molecule has 7 nitrogen and oxygen atoms in total. The molecule has 0 radical (unpaired) electrons. The molecule has 8 heteroatoms. The summed E-state index contributed by atoms with van der Waals surface area (Å²) in [5, 5.41) is 2.46. The summed E-state index contributed by atoms with van der Waals surface area (Å²) >= 11 is 1.46. The van der Waals surface area contributed by atoms with E-state index in [9.17, 15) is 9.59 Å².